The third-order valence-electron chi connectivity index (χ3n) is 2.32. The first kappa shape index (κ1) is 12.6. The van der Waals surface area contributed by atoms with E-state index in [0.717, 1.165) is 6.20 Å². The summed E-state index contributed by atoms with van der Waals surface area (Å²) in [7, 11) is -3.78. The van der Waals surface area contributed by atoms with Gasteiger partial charge >= 0.3 is 0 Å². The molecule has 0 fully saturated rings. The molecule has 6 nitrogen and oxygen atoms in total. The SMILES string of the molecule is O=c1cc[nH]cc1S(=O)(=O)NCCc1ccco1. The quantitative estimate of drug-likeness (QED) is 0.825. The second kappa shape index (κ2) is 5.19. The summed E-state index contributed by atoms with van der Waals surface area (Å²) in [5, 5.41) is 0. The number of sulfonamides is 1. The van der Waals surface area contributed by atoms with Crippen LogP contribution in [-0.4, -0.2) is 19.9 Å². The lowest BCUT2D eigenvalue weighted by molar-refractivity contribution is 0.506. The molecule has 0 aliphatic heterocycles. The fourth-order valence-corrected chi connectivity index (χ4v) is 2.53. The van der Waals surface area contributed by atoms with Crippen LogP contribution in [-0.2, 0) is 16.4 Å². The monoisotopic (exact) mass is 268 g/mol. The van der Waals surface area contributed by atoms with E-state index in [9.17, 15) is 13.2 Å². The van der Waals surface area contributed by atoms with Crippen molar-refractivity contribution in [3.8, 4) is 0 Å². The summed E-state index contributed by atoms with van der Waals surface area (Å²) in [6, 6.07) is 4.65. The molecule has 0 aliphatic rings. The van der Waals surface area contributed by atoms with Crippen LogP contribution in [0.5, 0.6) is 0 Å². The standard InChI is InChI=1S/C11H12N2O4S/c14-10-4-5-12-8-11(10)18(15,16)13-6-3-9-2-1-7-17-9/h1-2,4-5,7-8,13H,3,6H2,(H,12,14). The summed E-state index contributed by atoms with van der Waals surface area (Å²) in [5.41, 5.74) is -0.542. The van der Waals surface area contributed by atoms with Crippen molar-refractivity contribution in [1.29, 1.82) is 0 Å². The van der Waals surface area contributed by atoms with Crippen LogP contribution in [0.1, 0.15) is 5.76 Å². The molecule has 0 aliphatic carbocycles. The van der Waals surface area contributed by atoms with Gasteiger partial charge in [-0.05, 0) is 12.1 Å². The Morgan fingerprint density at radius 2 is 2.17 bits per heavy atom. The third kappa shape index (κ3) is 2.88. The molecule has 0 bridgehead atoms. The van der Waals surface area contributed by atoms with E-state index in [2.05, 4.69) is 9.71 Å². The van der Waals surface area contributed by atoms with Crippen LogP contribution in [0.25, 0.3) is 0 Å². The first-order valence-corrected chi connectivity index (χ1v) is 6.77. The number of aromatic amines is 1. The van der Waals surface area contributed by atoms with Gasteiger partial charge in [-0.25, -0.2) is 13.1 Å². The van der Waals surface area contributed by atoms with Gasteiger partial charge in [0.25, 0.3) is 0 Å². The molecule has 0 amide bonds. The molecule has 0 saturated carbocycles. The first-order chi connectivity index (χ1) is 8.59. The van der Waals surface area contributed by atoms with Crippen LogP contribution in [0.2, 0.25) is 0 Å². The Kier molecular flexibility index (Phi) is 3.63. The zero-order valence-electron chi connectivity index (χ0n) is 9.42. The average molecular weight is 268 g/mol. The number of furan rings is 1. The molecule has 0 unspecified atom stereocenters. The number of aromatic nitrogens is 1. The molecular weight excluding hydrogens is 256 g/mol. The maximum Gasteiger partial charge on any atom is 0.245 e. The molecule has 18 heavy (non-hydrogen) atoms. The molecule has 0 radical (unpaired) electrons. The molecule has 96 valence electrons. The minimum atomic E-state index is -3.78. The van der Waals surface area contributed by atoms with Crippen LogP contribution < -0.4 is 10.2 Å². The third-order valence-corrected chi connectivity index (χ3v) is 3.80. The van der Waals surface area contributed by atoms with E-state index in [1.54, 1.807) is 12.1 Å². The molecule has 2 aromatic heterocycles. The lowest BCUT2D eigenvalue weighted by Crippen LogP contribution is -2.29. The van der Waals surface area contributed by atoms with Crippen LogP contribution in [0.4, 0.5) is 0 Å². The number of nitrogens with one attached hydrogen (secondary N) is 2. The second-order valence-corrected chi connectivity index (χ2v) is 5.34. The van der Waals surface area contributed by atoms with E-state index < -0.39 is 15.5 Å². The minimum absolute atomic E-state index is 0.171. The molecule has 2 N–H and O–H groups in total. The lowest BCUT2D eigenvalue weighted by atomic mass is 10.3. The van der Waals surface area contributed by atoms with E-state index in [4.69, 9.17) is 4.42 Å². The van der Waals surface area contributed by atoms with Gasteiger partial charge in [-0.1, -0.05) is 0 Å². The van der Waals surface area contributed by atoms with Gasteiger partial charge in [0.15, 0.2) is 0 Å². The van der Waals surface area contributed by atoms with Gasteiger partial charge in [0.05, 0.1) is 6.26 Å². The van der Waals surface area contributed by atoms with E-state index in [0.29, 0.717) is 12.2 Å². The Bertz CT molecular complexity index is 658. The van der Waals surface area contributed by atoms with Crippen molar-refractivity contribution >= 4 is 10.0 Å². The Morgan fingerprint density at radius 1 is 1.33 bits per heavy atom. The highest BCUT2D eigenvalue weighted by molar-refractivity contribution is 7.89. The molecule has 2 rings (SSSR count). The summed E-state index contributed by atoms with van der Waals surface area (Å²) in [5.74, 6) is 0.680. The summed E-state index contributed by atoms with van der Waals surface area (Å²) in [4.78, 5) is 13.7. The van der Waals surface area contributed by atoms with Gasteiger partial charge < -0.3 is 9.40 Å². The maximum atomic E-state index is 11.8. The Balaban J connectivity index is 2.04. The van der Waals surface area contributed by atoms with Crippen molar-refractivity contribution in [3.63, 3.8) is 0 Å². The maximum absolute atomic E-state index is 11.8. The smallest absolute Gasteiger partial charge is 0.245 e. The fourth-order valence-electron chi connectivity index (χ4n) is 1.45. The van der Waals surface area contributed by atoms with Crippen LogP contribution in [0, 0.1) is 0 Å². The Hall–Kier alpha value is -1.86. The van der Waals surface area contributed by atoms with E-state index in [1.807, 2.05) is 0 Å². The summed E-state index contributed by atoms with van der Waals surface area (Å²) in [6.45, 7) is 0.171. The molecular formula is C11H12N2O4S. The molecule has 0 aromatic carbocycles. The Labute approximate surface area is 104 Å². The van der Waals surface area contributed by atoms with E-state index in [-0.39, 0.29) is 11.4 Å². The molecule has 2 aromatic rings. The zero-order chi connectivity index (χ0) is 13.0. The number of hydrogen-bond acceptors (Lipinski definition) is 4. The van der Waals surface area contributed by atoms with Crippen molar-refractivity contribution in [3.05, 3.63) is 52.8 Å². The summed E-state index contributed by atoms with van der Waals surface area (Å²) >= 11 is 0. The lowest BCUT2D eigenvalue weighted by Gasteiger charge is -2.04. The zero-order valence-corrected chi connectivity index (χ0v) is 10.2. The number of rotatable bonds is 5. The van der Waals surface area contributed by atoms with Crippen molar-refractivity contribution in [2.24, 2.45) is 0 Å². The largest absolute Gasteiger partial charge is 0.469 e. The number of H-pyrrole nitrogens is 1. The number of pyridine rings is 1. The predicted octanol–water partition coefficient (Wildman–Crippen LogP) is 0.489. The highest BCUT2D eigenvalue weighted by Gasteiger charge is 2.16. The van der Waals surface area contributed by atoms with Gasteiger partial charge in [-0.2, -0.15) is 0 Å². The molecule has 7 heteroatoms. The van der Waals surface area contributed by atoms with Gasteiger partial charge in [0.2, 0.25) is 15.5 Å². The fraction of sp³-hybridized carbons (Fsp3) is 0.182. The van der Waals surface area contributed by atoms with Crippen molar-refractivity contribution in [2.45, 2.75) is 11.3 Å². The summed E-state index contributed by atoms with van der Waals surface area (Å²) in [6.07, 6.45) is 4.49. The van der Waals surface area contributed by atoms with Gasteiger partial charge in [-0.3, -0.25) is 4.79 Å². The topological polar surface area (TPSA) is 92.2 Å². The normalized spacial score (nSPS) is 11.6. The van der Waals surface area contributed by atoms with E-state index >= 15 is 0 Å². The van der Waals surface area contributed by atoms with Gasteiger partial charge in [-0.15, -0.1) is 0 Å². The second-order valence-electron chi connectivity index (χ2n) is 3.60. The van der Waals surface area contributed by atoms with E-state index in [1.165, 1.54) is 18.5 Å². The first-order valence-electron chi connectivity index (χ1n) is 5.29. The Morgan fingerprint density at radius 3 is 2.83 bits per heavy atom. The van der Waals surface area contributed by atoms with Crippen molar-refractivity contribution in [1.82, 2.24) is 9.71 Å². The molecule has 0 atom stereocenters. The summed E-state index contributed by atoms with van der Waals surface area (Å²) < 4.78 is 31.1. The van der Waals surface area contributed by atoms with Crippen LogP contribution in [0.3, 0.4) is 0 Å². The number of hydrogen-bond donors (Lipinski definition) is 2. The van der Waals surface area contributed by atoms with Crippen LogP contribution >= 0.6 is 0 Å². The van der Waals surface area contributed by atoms with Crippen molar-refractivity contribution in [2.75, 3.05) is 6.54 Å². The van der Waals surface area contributed by atoms with Gasteiger partial charge in [0, 0.05) is 31.4 Å². The molecule has 2 heterocycles. The van der Waals surface area contributed by atoms with Crippen LogP contribution in [0.15, 0.2) is 51.0 Å². The van der Waals surface area contributed by atoms with Crippen molar-refractivity contribution < 1.29 is 12.8 Å². The average Bonchev–Trinajstić information content (AvgIpc) is 2.82. The predicted molar refractivity (Wildman–Crippen MR) is 64.7 cm³/mol. The molecule has 0 saturated heterocycles. The highest BCUT2D eigenvalue weighted by Crippen LogP contribution is 2.02. The van der Waals surface area contributed by atoms with Gasteiger partial charge in [0.1, 0.15) is 10.7 Å². The highest BCUT2D eigenvalue weighted by atomic mass is 32.2. The molecule has 0 spiro atoms. The minimum Gasteiger partial charge on any atom is -0.469 e.